The van der Waals surface area contributed by atoms with Crippen molar-refractivity contribution in [2.24, 2.45) is 0 Å². The number of aliphatic hydroxyl groups is 1. The summed E-state index contributed by atoms with van der Waals surface area (Å²) in [6, 6.07) is 7.58. The molecule has 2 aliphatic heterocycles. The second kappa shape index (κ2) is 10.2. The second-order valence-electron chi connectivity index (χ2n) is 7.64. The van der Waals surface area contributed by atoms with Gasteiger partial charge in [-0.15, -0.1) is 0 Å². The third kappa shape index (κ3) is 5.21. The van der Waals surface area contributed by atoms with E-state index in [1.807, 2.05) is 19.1 Å². The normalized spacial score (nSPS) is 22.4. The molecule has 1 atom stereocenters. The third-order valence-corrected chi connectivity index (χ3v) is 5.94. The van der Waals surface area contributed by atoms with Gasteiger partial charge in [-0.3, -0.25) is 9.80 Å². The van der Waals surface area contributed by atoms with Gasteiger partial charge >= 0.3 is 6.09 Å². The summed E-state index contributed by atoms with van der Waals surface area (Å²) >= 11 is 0. The van der Waals surface area contributed by atoms with E-state index < -0.39 is 0 Å². The van der Waals surface area contributed by atoms with Crippen molar-refractivity contribution < 1.29 is 19.0 Å². The van der Waals surface area contributed by atoms with Gasteiger partial charge in [0.1, 0.15) is 5.82 Å². The highest BCUT2D eigenvalue weighted by Crippen LogP contribution is 2.24. The number of nitrogens with zero attached hydrogens (tertiary/aromatic N) is 3. The van der Waals surface area contributed by atoms with E-state index in [0.717, 1.165) is 45.6 Å². The Kier molecular flexibility index (Phi) is 7.65. The Balaban J connectivity index is 1.55. The second-order valence-corrected chi connectivity index (χ2v) is 7.64. The Morgan fingerprint density at radius 3 is 2.64 bits per heavy atom. The third-order valence-electron chi connectivity index (χ3n) is 5.94. The van der Waals surface area contributed by atoms with Gasteiger partial charge in [-0.1, -0.05) is 18.2 Å². The van der Waals surface area contributed by atoms with Gasteiger partial charge in [0, 0.05) is 63.5 Å². The fraction of sp³-hybridized carbons (Fsp3) is 0.667. The molecule has 1 aromatic rings. The minimum absolute atomic E-state index is 0.133. The van der Waals surface area contributed by atoms with E-state index in [4.69, 9.17) is 4.74 Å². The average molecular weight is 394 g/mol. The van der Waals surface area contributed by atoms with Crippen LogP contribution in [0.15, 0.2) is 24.3 Å². The Labute approximate surface area is 166 Å². The molecule has 2 aliphatic rings. The van der Waals surface area contributed by atoms with Gasteiger partial charge in [0.05, 0.1) is 6.61 Å². The first kappa shape index (κ1) is 21.0. The molecule has 3 rings (SSSR count). The van der Waals surface area contributed by atoms with Crippen LogP contribution in [0.4, 0.5) is 9.18 Å². The molecule has 28 heavy (non-hydrogen) atoms. The molecule has 0 aromatic heterocycles. The molecule has 2 saturated heterocycles. The SMILES string of the molecule is CCOC(=O)N1CCC(N2CCN(Cc3ccccc3F)C(CCO)C2)CC1. The minimum atomic E-state index is -0.214. The predicted molar refractivity (Wildman–Crippen MR) is 105 cm³/mol. The van der Waals surface area contributed by atoms with Crippen molar-refractivity contribution in [3.8, 4) is 0 Å². The first-order valence-corrected chi connectivity index (χ1v) is 10.4. The van der Waals surface area contributed by atoms with Crippen molar-refractivity contribution >= 4 is 6.09 Å². The Morgan fingerprint density at radius 1 is 1.21 bits per heavy atom. The van der Waals surface area contributed by atoms with Crippen LogP contribution in [0, 0.1) is 5.82 Å². The average Bonchev–Trinajstić information content (AvgIpc) is 2.71. The lowest BCUT2D eigenvalue weighted by molar-refractivity contribution is 0.0117. The highest BCUT2D eigenvalue weighted by Gasteiger charge is 2.33. The molecule has 156 valence electrons. The van der Waals surface area contributed by atoms with E-state index >= 15 is 0 Å². The number of hydrogen-bond donors (Lipinski definition) is 1. The number of ether oxygens (including phenoxy) is 1. The molecule has 0 saturated carbocycles. The van der Waals surface area contributed by atoms with Gasteiger partial charge in [0.15, 0.2) is 0 Å². The lowest BCUT2D eigenvalue weighted by atomic mass is 9.99. The molecule has 7 heteroatoms. The fourth-order valence-electron chi connectivity index (χ4n) is 4.35. The zero-order chi connectivity index (χ0) is 19.9. The Bertz CT molecular complexity index is 637. The summed E-state index contributed by atoms with van der Waals surface area (Å²) in [6.07, 6.45) is 2.36. The number of likely N-dealkylation sites (tertiary alicyclic amines) is 1. The van der Waals surface area contributed by atoms with Gasteiger partial charge < -0.3 is 14.7 Å². The van der Waals surface area contributed by atoms with E-state index in [1.165, 1.54) is 6.07 Å². The first-order valence-electron chi connectivity index (χ1n) is 10.4. The molecule has 1 aromatic carbocycles. The van der Waals surface area contributed by atoms with Gasteiger partial charge in [-0.05, 0) is 32.3 Å². The highest BCUT2D eigenvalue weighted by molar-refractivity contribution is 5.67. The fourth-order valence-corrected chi connectivity index (χ4v) is 4.35. The van der Waals surface area contributed by atoms with Gasteiger partial charge in [-0.25, -0.2) is 9.18 Å². The van der Waals surface area contributed by atoms with Crippen LogP contribution in [0.1, 0.15) is 31.7 Å². The molecule has 6 nitrogen and oxygen atoms in total. The van der Waals surface area contributed by atoms with Crippen molar-refractivity contribution in [3.05, 3.63) is 35.6 Å². The van der Waals surface area contributed by atoms with Gasteiger partial charge in [0.2, 0.25) is 0 Å². The quantitative estimate of drug-likeness (QED) is 0.804. The molecule has 2 heterocycles. The van der Waals surface area contributed by atoms with E-state index in [2.05, 4.69) is 9.80 Å². The van der Waals surface area contributed by atoms with Crippen molar-refractivity contribution in [1.29, 1.82) is 0 Å². The van der Waals surface area contributed by atoms with E-state index in [0.29, 0.717) is 31.2 Å². The largest absolute Gasteiger partial charge is 0.450 e. The first-order chi connectivity index (χ1) is 13.6. The number of rotatable bonds is 6. The maximum Gasteiger partial charge on any atom is 0.409 e. The van der Waals surface area contributed by atoms with Crippen LogP contribution in [-0.2, 0) is 11.3 Å². The van der Waals surface area contributed by atoms with Crippen LogP contribution >= 0.6 is 0 Å². The van der Waals surface area contributed by atoms with Crippen LogP contribution in [0.25, 0.3) is 0 Å². The van der Waals surface area contributed by atoms with Gasteiger partial charge in [-0.2, -0.15) is 0 Å². The lowest BCUT2D eigenvalue weighted by Crippen LogP contribution is -2.57. The number of benzene rings is 1. The number of hydrogen-bond acceptors (Lipinski definition) is 5. The molecule has 1 amide bonds. The van der Waals surface area contributed by atoms with Crippen LogP contribution in [0.3, 0.4) is 0 Å². The maximum absolute atomic E-state index is 14.1. The van der Waals surface area contributed by atoms with Crippen molar-refractivity contribution in [3.63, 3.8) is 0 Å². The zero-order valence-electron chi connectivity index (χ0n) is 16.7. The van der Waals surface area contributed by atoms with Crippen molar-refractivity contribution in [2.45, 2.75) is 44.8 Å². The molecular formula is C21H32FN3O3. The van der Waals surface area contributed by atoms with Gasteiger partial charge in [0.25, 0.3) is 0 Å². The molecule has 1 unspecified atom stereocenters. The van der Waals surface area contributed by atoms with E-state index in [-0.39, 0.29) is 24.6 Å². The number of piperazine rings is 1. The molecule has 0 radical (unpaired) electrons. The molecular weight excluding hydrogens is 361 g/mol. The van der Waals surface area contributed by atoms with E-state index in [9.17, 15) is 14.3 Å². The molecule has 0 spiro atoms. The number of amides is 1. The lowest BCUT2D eigenvalue weighted by Gasteiger charge is -2.46. The summed E-state index contributed by atoms with van der Waals surface area (Å²) in [5.41, 5.74) is 0.710. The number of carbonyl (C=O) groups excluding carboxylic acids is 1. The number of carbonyl (C=O) groups is 1. The number of aliphatic hydroxyl groups excluding tert-OH is 1. The maximum atomic E-state index is 14.1. The van der Waals surface area contributed by atoms with Crippen LogP contribution < -0.4 is 0 Å². The predicted octanol–water partition coefficient (Wildman–Crippen LogP) is 2.32. The van der Waals surface area contributed by atoms with Crippen molar-refractivity contribution in [2.75, 3.05) is 45.9 Å². The molecule has 0 aliphatic carbocycles. The highest BCUT2D eigenvalue weighted by atomic mass is 19.1. The molecule has 2 fully saturated rings. The van der Waals surface area contributed by atoms with Crippen LogP contribution in [0.2, 0.25) is 0 Å². The summed E-state index contributed by atoms with van der Waals surface area (Å²) in [4.78, 5) is 18.5. The summed E-state index contributed by atoms with van der Waals surface area (Å²) in [6.45, 7) is 7.06. The summed E-state index contributed by atoms with van der Waals surface area (Å²) in [5.74, 6) is -0.168. The number of halogens is 1. The van der Waals surface area contributed by atoms with Crippen molar-refractivity contribution in [1.82, 2.24) is 14.7 Å². The van der Waals surface area contributed by atoms with E-state index in [1.54, 1.807) is 11.0 Å². The topological polar surface area (TPSA) is 56.2 Å². The van der Waals surface area contributed by atoms with Crippen LogP contribution in [-0.4, -0.2) is 83.9 Å². The summed E-state index contributed by atoms with van der Waals surface area (Å²) in [7, 11) is 0. The number of piperidine rings is 1. The minimum Gasteiger partial charge on any atom is -0.450 e. The molecule has 0 bridgehead atoms. The Hall–Kier alpha value is -1.70. The monoisotopic (exact) mass is 393 g/mol. The summed E-state index contributed by atoms with van der Waals surface area (Å²) < 4.78 is 19.2. The van der Waals surface area contributed by atoms with Crippen LogP contribution in [0.5, 0.6) is 0 Å². The summed E-state index contributed by atoms with van der Waals surface area (Å²) in [5, 5.41) is 9.52. The zero-order valence-corrected chi connectivity index (χ0v) is 16.7. The molecule has 1 N–H and O–H groups in total. The Morgan fingerprint density at radius 2 is 1.96 bits per heavy atom. The standard InChI is InChI=1S/C21H32FN3O3/c1-2-28-21(27)23-10-7-18(8-11-23)25-13-12-24(19(16-25)9-14-26)15-17-5-3-4-6-20(17)22/h3-6,18-19,26H,2,7-16H2,1H3. The smallest absolute Gasteiger partial charge is 0.409 e.